The topological polar surface area (TPSA) is 55.9 Å². The minimum absolute atomic E-state index is 0.181. The summed E-state index contributed by atoms with van der Waals surface area (Å²) in [5, 5.41) is 4.53. The summed E-state index contributed by atoms with van der Waals surface area (Å²) in [7, 11) is 2.02. The SMILES string of the molecule is CCc1cc(CC(NN)c2cc3c(s2)CCCC3)n(C)n1. The van der Waals surface area contributed by atoms with Crippen molar-refractivity contribution in [3.05, 3.63) is 38.8 Å². The van der Waals surface area contributed by atoms with E-state index < -0.39 is 0 Å². The summed E-state index contributed by atoms with van der Waals surface area (Å²) in [6.45, 7) is 2.14. The van der Waals surface area contributed by atoms with Gasteiger partial charge in [-0.25, -0.2) is 0 Å². The maximum atomic E-state index is 5.83. The number of thiophene rings is 1. The van der Waals surface area contributed by atoms with Crippen molar-refractivity contribution in [2.45, 2.75) is 51.5 Å². The number of nitrogens with one attached hydrogen (secondary N) is 1. The highest BCUT2D eigenvalue weighted by Gasteiger charge is 2.20. The van der Waals surface area contributed by atoms with Gasteiger partial charge in [0, 0.05) is 28.9 Å². The molecule has 5 heteroatoms. The monoisotopic (exact) mass is 304 g/mol. The zero-order chi connectivity index (χ0) is 14.8. The van der Waals surface area contributed by atoms with Crippen LogP contribution in [0.15, 0.2) is 12.1 Å². The Balaban J connectivity index is 1.81. The lowest BCUT2D eigenvalue weighted by atomic mass is 9.98. The summed E-state index contributed by atoms with van der Waals surface area (Å²) in [5.74, 6) is 5.83. The molecule has 21 heavy (non-hydrogen) atoms. The Morgan fingerprint density at radius 3 is 2.86 bits per heavy atom. The molecule has 0 aliphatic heterocycles. The summed E-state index contributed by atoms with van der Waals surface area (Å²) < 4.78 is 1.98. The number of nitrogens with zero attached hydrogens (tertiary/aromatic N) is 2. The molecular formula is C16H24N4S. The zero-order valence-corrected chi connectivity index (χ0v) is 13.7. The summed E-state index contributed by atoms with van der Waals surface area (Å²) in [6, 6.07) is 4.74. The van der Waals surface area contributed by atoms with Gasteiger partial charge in [0.05, 0.1) is 11.7 Å². The number of aryl methyl sites for hydroxylation is 4. The van der Waals surface area contributed by atoms with E-state index in [-0.39, 0.29) is 6.04 Å². The number of rotatable bonds is 5. The molecule has 0 saturated heterocycles. The van der Waals surface area contributed by atoms with E-state index in [4.69, 9.17) is 5.84 Å². The predicted octanol–water partition coefficient (Wildman–Crippen LogP) is 2.67. The largest absolute Gasteiger partial charge is 0.272 e. The average Bonchev–Trinajstić information content (AvgIpc) is 3.07. The molecule has 1 aliphatic carbocycles. The van der Waals surface area contributed by atoms with E-state index in [0.29, 0.717) is 0 Å². The minimum Gasteiger partial charge on any atom is -0.272 e. The van der Waals surface area contributed by atoms with Gasteiger partial charge in [-0.05, 0) is 49.8 Å². The number of hydrogen-bond donors (Lipinski definition) is 2. The molecule has 2 aromatic rings. The Hall–Kier alpha value is -1.17. The van der Waals surface area contributed by atoms with Crippen LogP contribution in [0.2, 0.25) is 0 Å². The molecule has 1 aliphatic rings. The Morgan fingerprint density at radius 1 is 1.38 bits per heavy atom. The van der Waals surface area contributed by atoms with Crippen molar-refractivity contribution in [1.29, 1.82) is 0 Å². The second kappa shape index (κ2) is 6.30. The highest BCUT2D eigenvalue weighted by atomic mass is 32.1. The fourth-order valence-electron chi connectivity index (χ4n) is 3.07. The van der Waals surface area contributed by atoms with E-state index in [9.17, 15) is 0 Å². The first-order chi connectivity index (χ1) is 10.2. The van der Waals surface area contributed by atoms with Gasteiger partial charge >= 0.3 is 0 Å². The van der Waals surface area contributed by atoms with E-state index >= 15 is 0 Å². The molecule has 0 amide bonds. The number of aromatic nitrogens is 2. The lowest BCUT2D eigenvalue weighted by molar-refractivity contribution is 0.537. The summed E-state index contributed by atoms with van der Waals surface area (Å²) >= 11 is 1.93. The van der Waals surface area contributed by atoms with Gasteiger partial charge in [-0.3, -0.25) is 16.0 Å². The molecular weight excluding hydrogens is 280 g/mol. The first kappa shape index (κ1) is 14.8. The Labute approximate surface area is 130 Å². The number of hydrazine groups is 1. The highest BCUT2D eigenvalue weighted by molar-refractivity contribution is 7.12. The molecule has 2 aromatic heterocycles. The quantitative estimate of drug-likeness (QED) is 0.659. The number of nitrogens with two attached hydrogens (primary N) is 1. The molecule has 0 aromatic carbocycles. The van der Waals surface area contributed by atoms with Crippen LogP contribution in [0.1, 0.15) is 52.5 Å². The van der Waals surface area contributed by atoms with E-state index in [0.717, 1.165) is 18.5 Å². The summed E-state index contributed by atoms with van der Waals surface area (Å²) in [6.07, 6.45) is 6.99. The molecule has 0 radical (unpaired) electrons. The minimum atomic E-state index is 0.181. The van der Waals surface area contributed by atoms with Crippen molar-refractivity contribution in [3.8, 4) is 0 Å². The molecule has 1 unspecified atom stereocenters. The average molecular weight is 304 g/mol. The van der Waals surface area contributed by atoms with E-state index in [2.05, 4.69) is 29.6 Å². The fourth-order valence-corrected chi connectivity index (χ4v) is 4.39. The fraction of sp³-hybridized carbons (Fsp3) is 0.562. The summed E-state index contributed by atoms with van der Waals surface area (Å²) in [5.41, 5.74) is 6.93. The maximum absolute atomic E-state index is 5.83. The van der Waals surface area contributed by atoms with Crippen LogP contribution in [-0.4, -0.2) is 9.78 Å². The van der Waals surface area contributed by atoms with Crippen LogP contribution < -0.4 is 11.3 Å². The van der Waals surface area contributed by atoms with Gasteiger partial charge in [0.2, 0.25) is 0 Å². The van der Waals surface area contributed by atoms with Crippen molar-refractivity contribution in [2.75, 3.05) is 0 Å². The van der Waals surface area contributed by atoms with Gasteiger partial charge in [0.15, 0.2) is 0 Å². The van der Waals surface area contributed by atoms with Crippen LogP contribution in [0, 0.1) is 0 Å². The molecule has 0 saturated carbocycles. The molecule has 2 heterocycles. The third kappa shape index (κ3) is 3.05. The van der Waals surface area contributed by atoms with Gasteiger partial charge in [-0.2, -0.15) is 5.10 Å². The third-order valence-corrected chi connectivity index (χ3v) is 5.71. The summed E-state index contributed by atoms with van der Waals surface area (Å²) in [4.78, 5) is 2.93. The highest BCUT2D eigenvalue weighted by Crippen LogP contribution is 2.33. The zero-order valence-electron chi connectivity index (χ0n) is 12.9. The van der Waals surface area contributed by atoms with Crippen molar-refractivity contribution >= 4 is 11.3 Å². The normalized spacial score (nSPS) is 16.0. The van der Waals surface area contributed by atoms with Crippen LogP contribution in [-0.2, 0) is 32.7 Å². The Kier molecular flexibility index (Phi) is 4.42. The van der Waals surface area contributed by atoms with Crippen molar-refractivity contribution in [3.63, 3.8) is 0 Å². The molecule has 0 bridgehead atoms. The van der Waals surface area contributed by atoms with Gasteiger partial charge in [0.1, 0.15) is 0 Å². The van der Waals surface area contributed by atoms with Crippen molar-refractivity contribution in [1.82, 2.24) is 15.2 Å². The van der Waals surface area contributed by atoms with Gasteiger partial charge < -0.3 is 0 Å². The molecule has 0 spiro atoms. The van der Waals surface area contributed by atoms with E-state index in [1.165, 1.54) is 36.3 Å². The predicted molar refractivity (Wildman–Crippen MR) is 87.3 cm³/mol. The van der Waals surface area contributed by atoms with Crippen LogP contribution >= 0.6 is 11.3 Å². The smallest absolute Gasteiger partial charge is 0.0624 e. The van der Waals surface area contributed by atoms with Crippen molar-refractivity contribution in [2.24, 2.45) is 12.9 Å². The Bertz CT molecular complexity index is 590. The number of hydrogen-bond acceptors (Lipinski definition) is 4. The van der Waals surface area contributed by atoms with Crippen LogP contribution in [0.5, 0.6) is 0 Å². The van der Waals surface area contributed by atoms with E-state index in [1.54, 1.807) is 10.4 Å². The van der Waals surface area contributed by atoms with Crippen LogP contribution in [0.4, 0.5) is 0 Å². The molecule has 3 rings (SSSR count). The van der Waals surface area contributed by atoms with Gasteiger partial charge in [-0.1, -0.05) is 6.92 Å². The van der Waals surface area contributed by atoms with Crippen molar-refractivity contribution < 1.29 is 0 Å². The molecule has 1 atom stereocenters. The van der Waals surface area contributed by atoms with Crippen LogP contribution in [0.3, 0.4) is 0 Å². The first-order valence-electron chi connectivity index (χ1n) is 7.80. The second-order valence-electron chi connectivity index (χ2n) is 5.83. The van der Waals surface area contributed by atoms with E-state index in [1.807, 2.05) is 23.1 Å². The second-order valence-corrected chi connectivity index (χ2v) is 7.00. The van der Waals surface area contributed by atoms with Crippen LogP contribution in [0.25, 0.3) is 0 Å². The molecule has 114 valence electrons. The molecule has 0 fully saturated rings. The van der Waals surface area contributed by atoms with Gasteiger partial charge in [-0.15, -0.1) is 11.3 Å². The standard InChI is InChI=1S/C16H24N4S/c1-3-12-9-13(20(2)19-12)10-14(18-17)16-8-11-6-4-5-7-15(11)21-16/h8-9,14,18H,3-7,10,17H2,1-2H3. The molecule has 3 N–H and O–H groups in total. The first-order valence-corrected chi connectivity index (χ1v) is 8.62. The molecule has 4 nitrogen and oxygen atoms in total. The number of fused-ring (bicyclic) bond motifs is 1. The third-order valence-electron chi connectivity index (χ3n) is 4.36. The maximum Gasteiger partial charge on any atom is 0.0624 e. The lowest BCUT2D eigenvalue weighted by Gasteiger charge is -2.14. The lowest BCUT2D eigenvalue weighted by Crippen LogP contribution is -2.29. The Morgan fingerprint density at radius 2 is 2.19 bits per heavy atom. The van der Waals surface area contributed by atoms with Gasteiger partial charge in [0.25, 0.3) is 0 Å².